The number of rotatable bonds is 4. The maximum Gasteiger partial charge on any atom is 0.120 e. The summed E-state index contributed by atoms with van der Waals surface area (Å²) in [7, 11) is 0. The first-order valence-corrected chi connectivity index (χ1v) is 5.91. The van der Waals surface area contributed by atoms with Gasteiger partial charge in [0, 0.05) is 6.42 Å². The van der Waals surface area contributed by atoms with Crippen molar-refractivity contribution in [2.75, 3.05) is 0 Å². The minimum atomic E-state index is 0.660. The van der Waals surface area contributed by atoms with Gasteiger partial charge >= 0.3 is 0 Å². The van der Waals surface area contributed by atoms with E-state index in [2.05, 4.69) is 25.1 Å². The topological polar surface area (TPSA) is 17.1 Å². The molecule has 0 heterocycles. The lowest BCUT2D eigenvalue weighted by Gasteiger charge is -2.13. The number of aryl methyl sites for hydroxylation is 2. The Labute approximate surface area is 91.5 Å². The Morgan fingerprint density at radius 1 is 1.47 bits per heavy atom. The van der Waals surface area contributed by atoms with Crippen molar-refractivity contribution in [2.24, 2.45) is 0 Å². The van der Waals surface area contributed by atoms with Crippen LogP contribution in [0.2, 0.25) is 0 Å². The van der Waals surface area contributed by atoms with Crippen molar-refractivity contribution in [3.05, 3.63) is 34.9 Å². The largest absolute Gasteiger partial charge is 0.303 e. The minimum Gasteiger partial charge on any atom is -0.303 e. The van der Waals surface area contributed by atoms with Gasteiger partial charge in [0.25, 0.3) is 0 Å². The van der Waals surface area contributed by atoms with Crippen LogP contribution in [0.3, 0.4) is 0 Å². The molecular weight excluding hydrogens is 184 g/mol. The van der Waals surface area contributed by atoms with Gasteiger partial charge in [-0.3, -0.25) is 0 Å². The van der Waals surface area contributed by atoms with Crippen molar-refractivity contribution in [1.29, 1.82) is 0 Å². The number of carbonyl (C=O) groups is 1. The van der Waals surface area contributed by atoms with E-state index in [-0.39, 0.29) is 0 Å². The molecule has 1 atom stereocenters. The molecule has 0 aliphatic heterocycles. The molecule has 0 bridgehead atoms. The van der Waals surface area contributed by atoms with E-state index in [0.29, 0.717) is 6.42 Å². The predicted molar refractivity (Wildman–Crippen MR) is 62.2 cm³/mol. The molecule has 1 heteroatoms. The van der Waals surface area contributed by atoms with Crippen LogP contribution in [-0.4, -0.2) is 6.29 Å². The number of benzene rings is 1. The highest BCUT2D eigenvalue weighted by Crippen LogP contribution is 2.37. The van der Waals surface area contributed by atoms with Crippen molar-refractivity contribution in [2.45, 2.75) is 44.9 Å². The van der Waals surface area contributed by atoms with Crippen LogP contribution in [0, 0.1) is 0 Å². The first kappa shape index (κ1) is 10.4. The SMILES string of the molecule is CCC1CCc2cccc(CCC=O)c21. The highest BCUT2D eigenvalue weighted by Gasteiger charge is 2.23. The summed E-state index contributed by atoms with van der Waals surface area (Å²) in [4.78, 5) is 10.4. The number of carbonyl (C=O) groups excluding carboxylic acids is 1. The summed E-state index contributed by atoms with van der Waals surface area (Å²) < 4.78 is 0. The van der Waals surface area contributed by atoms with E-state index in [0.717, 1.165) is 18.6 Å². The Morgan fingerprint density at radius 2 is 2.33 bits per heavy atom. The van der Waals surface area contributed by atoms with Crippen LogP contribution in [-0.2, 0) is 17.6 Å². The van der Waals surface area contributed by atoms with E-state index < -0.39 is 0 Å². The number of hydrogen-bond donors (Lipinski definition) is 0. The fraction of sp³-hybridized carbons (Fsp3) is 0.500. The van der Waals surface area contributed by atoms with Crippen LogP contribution in [0.5, 0.6) is 0 Å². The zero-order valence-electron chi connectivity index (χ0n) is 9.33. The Balaban J connectivity index is 2.31. The maximum atomic E-state index is 10.4. The molecule has 0 saturated carbocycles. The average Bonchev–Trinajstić information content (AvgIpc) is 2.69. The van der Waals surface area contributed by atoms with Gasteiger partial charge in [-0.2, -0.15) is 0 Å². The Kier molecular flexibility index (Phi) is 3.20. The summed E-state index contributed by atoms with van der Waals surface area (Å²) >= 11 is 0. The monoisotopic (exact) mass is 202 g/mol. The second-order valence-electron chi connectivity index (χ2n) is 4.34. The molecule has 80 valence electrons. The molecule has 0 amide bonds. The van der Waals surface area contributed by atoms with E-state index in [4.69, 9.17) is 0 Å². The van der Waals surface area contributed by atoms with E-state index in [1.165, 1.54) is 30.4 Å². The van der Waals surface area contributed by atoms with Crippen molar-refractivity contribution in [3.63, 3.8) is 0 Å². The molecule has 1 aliphatic rings. The molecule has 0 aromatic heterocycles. The molecule has 1 unspecified atom stereocenters. The molecule has 0 fully saturated rings. The lowest BCUT2D eigenvalue weighted by Crippen LogP contribution is -1.98. The standard InChI is InChI=1S/C14H18O/c1-2-11-8-9-13-6-3-5-12(14(11)13)7-4-10-15/h3,5-6,10-11H,2,4,7-9H2,1H3. The molecule has 15 heavy (non-hydrogen) atoms. The van der Waals surface area contributed by atoms with Crippen LogP contribution in [0.1, 0.15) is 48.8 Å². The van der Waals surface area contributed by atoms with Gasteiger partial charge in [0.2, 0.25) is 0 Å². The third-order valence-corrected chi connectivity index (χ3v) is 3.48. The molecule has 0 N–H and O–H groups in total. The molecule has 2 rings (SSSR count). The highest BCUT2D eigenvalue weighted by atomic mass is 16.1. The summed E-state index contributed by atoms with van der Waals surface area (Å²) in [5.74, 6) is 0.739. The molecule has 1 aromatic carbocycles. The van der Waals surface area contributed by atoms with Crippen LogP contribution >= 0.6 is 0 Å². The zero-order valence-corrected chi connectivity index (χ0v) is 9.33. The molecule has 0 saturated heterocycles. The third-order valence-electron chi connectivity index (χ3n) is 3.48. The summed E-state index contributed by atoms with van der Waals surface area (Å²) in [6, 6.07) is 6.57. The van der Waals surface area contributed by atoms with Crippen molar-refractivity contribution in [1.82, 2.24) is 0 Å². The van der Waals surface area contributed by atoms with Crippen LogP contribution < -0.4 is 0 Å². The Hall–Kier alpha value is -1.11. The fourth-order valence-electron chi connectivity index (χ4n) is 2.72. The van der Waals surface area contributed by atoms with Crippen LogP contribution in [0.25, 0.3) is 0 Å². The second-order valence-corrected chi connectivity index (χ2v) is 4.34. The van der Waals surface area contributed by atoms with Crippen molar-refractivity contribution in [3.8, 4) is 0 Å². The molecule has 1 aromatic rings. The summed E-state index contributed by atoms with van der Waals surface area (Å²) in [5.41, 5.74) is 4.48. The molecule has 1 nitrogen and oxygen atoms in total. The Morgan fingerprint density at radius 3 is 3.07 bits per heavy atom. The lowest BCUT2D eigenvalue weighted by molar-refractivity contribution is -0.107. The summed E-state index contributed by atoms with van der Waals surface area (Å²) in [5, 5.41) is 0. The number of hydrogen-bond acceptors (Lipinski definition) is 1. The summed E-state index contributed by atoms with van der Waals surface area (Å²) in [6.45, 7) is 2.26. The summed E-state index contributed by atoms with van der Waals surface area (Å²) in [6.07, 6.45) is 6.35. The van der Waals surface area contributed by atoms with Gasteiger partial charge in [-0.25, -0.2) is 0 Å². The predicted octanol–water partition coefficient (Wildman–Crippen LogP) is 3.26. The van der Waals surface area contributed by atoms with Crippen LogP contribution in [0.15, 0.2) is 18.2 Å². The van der Waals surface area contributed by atoms with Gasteiger partial charge in [0.1, 0.15) is 6.29 Å². The number of aldehydes is 1. The van der Waals surface area contributed by atoms with Gasteiger partial charge in [-0.05, 0) is 48.3 Å². The number of fused-ring (bicyclic) bond motifs is 1. The molecular formula is C14H18O. The van der Waals surface area contributed by atoms with Gasteiger partial charge in [-0.1, -0.05) is 25.1 Å². The quantitative estimate of drug-likeness (QED) is 0.685. The van der Waals surface area contributed by atoms with E-state index >= 15 is 0 Å². The van der Waals surface area contributed by atoms with E-state index in [1.54, 1.807) is 5.56 Å². The average molecular weight is 202 g/mol. The van der Waals surface area contributed by atoms with Gasteiger partial charge in [-0.15, -0.1) is 0 Å². The highest BCUT2D eigenvalue weighted by molar-refractivity contribution is 5.51. The first-order valence-electron chi connectivity index (χ1n) is 5.91. The minimum absolute atomic E-state index is 0.660. The second kappa shape index (κ2) is 4.61. The van der Waals surface area contributed by atoms with Gasteiger partial charge in [0.15, 0.2) is 0 Å². The van der Waals surface area contributed by atoms with Gasteiger partial charge in [0.05, 0.1) is 0 Å². The van der Waals surface area contributed by atoms with Crippen LogP contribution in [0.4, 0.5) is 0 Å². The van der Waals surface area contributed by atoms with E-state index in [1.807, 2.05) is 0 Å². The van der Waals surface area contributed by atoms with E-state index in [9.17, 15) is 4.79 Å². The van der Waals surface area contributed by atoms with Crippen molar-refractivity contribution >= 4 is 6.29 Å². The molecule has 0 radical (unpaired) electrons. The normalized spacial score (nSPS) is 18.9. The first-order chi connectivity index (χ1) is 7.36. The lowest BCUT2D eigenvalue weighted by atomic mass is 9.92. The maximum absolute atomic E-state index is 10.4. The van der Waals surface area contributed by atoms with Gasteiger partial charge < -0.3 is 4.79 Å². The zero-order chi connectivity index (χ0) is 10.7. The molecule has 1 aliphatic carbocycles. The Bertz CT molecular complexity index is 354. The fourth-order valence-corrected chi connectivity index (χ4v) is 2.72. The van der Waals surface area contributed by atoms with Crippen molar-refractivity contribution < 1.29 is 4.79 Å². The third kappa shape index (κ3) is 1.97. The smallest absolute Gasteiger partial charge is 0.120 e. The molecule has 0 spiro atoms.